The molecule has 1 aromatic heterocycles. The summed E-state index contributed by atoms with van der Waals surface area (Å²) in [6.07, 6.45) is 4.26. The summed E-state index contributed by atoms with van der Waals surface area (Å²) in [7, 11) is 0. The highest BCUT2D eigenvalue weighted by atomic mass is 32.1. The van der Waals surface area contributed by atoms with E-state index in [1.54, 1.807) is 11.3 Å². The summed E-state index contributed by atoms with van der Waals surface area (Å²) >= 11 is 1.74. The minimum absolute atomic E-state index is 0.188. The van der Waals surface area contributed by atoms with Crippen LogP contribution in [-0.4, -0.2) is 23.2 Å². The lowest BCUT2D eigenvalue weighted by Gasteiger charge is -2.16. The van der Waals surface area contributed by atoms with Crippen molar-refractivity contribution >= 4 is 11.3 Å². The van der Waals surface area contributed by atoms with Crippen LogP contribution in [0.2, 0.25) is 0 Å². The molecule has 0 amide bonds. The highest BCUT2D eigenvalue weighted by molar-refractivity contribution is 7.11. The Morgan fingerprint density at radius 1 is 1.67 bits per heavy atom. The van der Waals surface area contributed by atoms with Crippen molar-refractivity contribution in [2.24, 2.45) is 5.41 Å². The second-order valence-electron chi connectivity index (χ2n) is 4.54. The average Bonchev–Trinajstić information content (AvgIpc) is 2.90. The van der Waals surface area contributed by atoms with E-state index in [0.29, 0.717) is 12.6 Å². The Bertz CT molecular complexity index is 333. The summed E-state index contributed by atoms with van der Waals surface area (Å²) in [6.45, 7) is 5.41. The molecule has 1 unspecified atom stereocenters. The predicted octanol–water partition coefficient (Wildman–Crippen LogP) is 1.87. The number of aromatic nitrogens is 1. The molecule has 4 heteroatoms. The van der Waals surface area contributed by atoms with Gasteiger partial charge in [-0.25, -0.2) is 4.98 Å². The third-order valence-electron chi connectivity index (χ3n) is 3.14. The molecule has 0 saturated heterocycles. The Morgan fingerprint density at radius 2 is 2.40 bits per heavy atom. The van der Waals surface area contributed by atoms with Crippen LogP contribution in [0, 0.1) is 12.3 Å². The molecular weight excluding hydrogens is 208 g/mol. The van der Waals surface area contributed by atoms with Crippen molar-refractivity contribution in [2.45, 2.75) is 32.7 Å². The summed E-state index contributed by atoms with van der Waals surface area (Å²) in [6, 6.07) is 0.347. The molecule has 1 aliphatic rings. The van der Waals surface area contributed by atoms with E-state index in [2.05, 4.69) is 17.2 Å². The number of hydrogen-bond acceptors (Lipinski definition) is 4. The maximum absolute atomic E-state index is 9.19. The number of rotatable bonds is 5. The van der Waals surface area contributed by atoms with Gasteiger partial charge in [0, 0.05) is 35.7 Å². The monoisotopic (exact) mass is 226 g/mol. The van der Waals surface area contributed by atoms with Crippen molar-refractivity contribution in [3.05, 3.63) is 16.1 Å². The van der Waals surface area contributed by atoms with Crippen molar-refractivity contribution in [1.29, 1.82) is 0 Å². The third-order valence-corrected chi connectivity index (χ3v) is 4.24. The second kappa shape index (κ2) is 4.20. The van der Waals surface area contributed by atoms with Crippen LogP contribution in [0.1, 0.15) is 35.7 Å². The number of nitrogens with one attached hydrogen (secondary N) is 1. The van der Waals surface area contributed by atoms with Gasteiger partial charge >= 0.3 is 0 Å². The zero-order valence-electron chi connectivity index (χ0n) is 9.29. The van der Waals surface area contributed by atoms with E-state index in [9.17, 15) is 5.11 Å². The molecule has 15 heavy (non-hydrogen) atoms. The van der Waals surface area contributed by atoms with Gasteiger partial charge in [0.25, 0.3) is 0 Å². The number of thiazole rings is 1. The summed E-state index contributed by atoms with van der Waals surface area (Å²) < 4.78 is 0. The van der Waals surface area contributed by atoms with Crippen LogP contribution in [0.25, 0.3) is 0 Å². The fourth-order valence-corrected chi connectivity index (χ4v) is 2.43. The van der Waals surface area contributed by atoms with Gasteiger partial charge in [0.2, 0.25) is 0 Å². The largest absolute Gasteiger partial charge is 0.396 e. The summed E-state index contributed by atoms with van der Waals surface area (Å²) in [5, 5.41) is 13.8. The normalized spacial score (nSPS) is 20.2. The lowest BCUT2D eigenvalue weighted by atomic mass is 10.1. The molecule has 1 atom stereocenters. The highest BCUT2D eigenvalue weighted by Crippen LogP contribution is 2.44. The zero-order valence-corrected chi connectivity index (χ0v) is 10.1. The number of aliphatic hydroxyl groups excluding tert-OH is 1. The fraction of sp³-hybridized carbons (Fsp3) is 0.727. The molecule has 0 radical (unpaired) electrons. The Hall–Kier alpha value is -0.450. The van der Waals surface area contributed by atoms with Crippen LogP contribution in [-0.2, 0) is 0 Å². The maximum Gasteiger partial charge on any atom is 0.0897 e. The minimum Gasteiger partial charge on any atom is -0.396 e. The molecule has 0 spiro atoms. The average molecular weight is 226 g/mol. The predicted molar refractivity (Wildman–Crippen MR) is 62.0 cm³/mol. The smallest absolute Gasteiger partial charge is 0.0897 e. The summed E-state index contributed by atoms with van der Waals surface area (Å²) in [5.41, 5.74) is 0.188. The number of hydrogen-bond donors (Lipinski definition) is 2. The fourth-order valence-electron chi connectivity index (χ4n) is 1.62. The molecule has 0 aliphatic heterocycles. The SMILES string of the molecule is Cc1ncc(C(C)NCC2(CO)CC2)s1. The van der Waals surface area contributed by atoms with E-state index in [4.69, 9.17) is 0 Å². The molecular formula is C11H18N2OS. The molecule has 0 bridgehead atoms. The highest BCUT2D eigenvalue weighted by Gasteiger charge is 2.41. The van der Waals surface area contributed by atoms with Crippen molar-refractivity contribution < 1.29 is 5.11 Å². The Morgan fingerprint density at radius 3 is 2.87 bits per heavy atom. The van der Waals surface area contributed by atoms with Gasteiger partial charge in [-0.15, -0.1) is 11.3 Å². The van der Waals surface area contributed by atoms with Crippen LogP contribution >= 0.6 is 11.3 Å². The Labute approximate surface area is 94.5 Å². The molecule has 1 heterocycles. The van der Waals surface area contributed by atoms with Crippen LogP contribution in [0.4, 0.5) is 0 Å². The van der Waals surface area contributed by atoms with E-state index in [1.165, 1.54) is 4.88 Å². The maximum atomic E-state index is 9.19. The standard InChI is InChI=1S/C11H18N2OS/c1-8(10-5-12-9(2)15-10)13-6-11(7-14)3-4-11/h5,8,13-14H,3-4,6-7H2,1-2H3. The van der Waals surface area contributed by atoms with E-state index in [1.807, 2.05) is 13.1 Å². The molecule has 1 saturated carbocycles. The quantitative estimate of drug-likeness (QED) is 0.805. The molecule has 1 aliphatic carbocycles. The van der Waals surface area contributed by atoms with Gasteiger partial charge in [0.15, 0.2) is 0 Å². The van der Waals surface area contributed by atoms with Crippen molar-refractivity contribution in [3.8, 4) is 0 Å². The third kappa shape index (κ3) is 2.56. The van der Waals surface area contributed by atoms with Crippen LogP contribution in [0.5, 0.6) is 0 Å². The van der Waals surface area contributed by atoms with Gasteiger partial charge < -0.3 is 10.4 Å². The molecule has 1 aromatic rings. The molecule has 2 rings (SSSR count). The van der Waals surface area contributed by atoms with Crippen molar-refractivity contribution in [3.63, 3.8) is 0 Å². The van der Waals surface area contributed by atoms with Gasteiger partial charge in [-0.3, -0.25) is 0 Å². The van der Waals surface area contributed by atoms with E-state index >= 15 is 0 Å². The lowest BCUT2D eigenvalue weighted by Crippen LogP contribution is -2.28. The second-order valence-corrected chi connectivity index (χ2v) is 5.81. The minimum atomic E-state index is 0.188. The summed E-state index contributed by atoms with van der Waals surface area (Å²) in [5.74, 6) is 0. The number of nitrogens with zero attached hydrogens (tertiary/aromatic N) is 1. The number of aliphatic hydroxyl groups is 1. The van der Waals surface area contributed by atoms with Crippen molar-refractivity contribution in [2.75, 3.05) is 13.2 Å². The van der Waals surface area contributed by atoms with Gasteiger partial charge in [0.05, 0.1) is 5.01 Å². The Balaban J connectivity index is 1.85. The van der Waals surface area contributed by atoms with Gasteiger partial charge in [-0.1, -0.05) is 0 Å². The first-order chi connectivity index (χ1) is 7.15. The lowest BCUT2D eigenvalue weighted by molar-refractivity contribution is 0.205. The van der Waals surface area contributed by atoms with E-state index in [-0.39, 0.29) is 5.41 Å². The van der Waals surface area contributed by atoms with Gasteiger partial charge in [0.1, 0.15) is 0 Å². The molecule has 3 nitrogen and oxygen atoms in total. The van der Waals surface area contributed by atoms with Crippen LogP contribution < -0.4 is 5.32 Å². The molecule has 84 valence electrons. The molecule has 1 fully saturated rings. The Kier molecular flexibility index (Phi) is 3.09. The van der Waals surface area contributed by atoms with E-state index in [0.717, 1.165) is 24.4 Å². The number of aryl methyl sites for hydroxylation is 1. The first kappa shape index (κ1) is 11.0. The first-order valence-electron chi connectivity index (χ1n) is 5.42. The summed E-state index contributed by atoms with van der Waals surface area (Å²) in [4.78, 5) is 5.53. The van der Waals surface area contributed by atoms with Crippen molar-refractivity contribution in [1.82, 2.24) is 10.3 Å². The molecule has 0 aromatic carbocycles. The van der Waals surface area contributed by atoms with Gasteiger partial charge in [-0.05, 0) is 26.7 Å². The topological polar surface area (TPSA) is 45.2 Å². The zero-order chi connectivity index (χ0) is 10.9. The van der Waals surface area contributed by atoms with E-state index < -0.39 is 0 Å². The first-order valence-corrected chi connectivity index (χ1v) is 6.23. The molecule has 2 N–H and O–H groups in total. The van der Waals surface area contributed by atoms with Crippen LogP contribution in [0.3, 0.4) is 0 Å². The van der Waals surface area contributed by atoms with Gasteiger partial charge in [-0.2, -0.15) is 0 Å². The van der Waals surface area contributed by atoms with Crippen LogP contribution in [0.15, 0.2) is 6.20 Å².